The van der Waals surface area contributed by atoms with Gasteiger partial charge in [0.2, 0.25) is 5.91 Å². The van der Waals surface area contributed by atoms with Gasteiger partial charge in [0, 0.05) is 19.5 Å². The molecule has 0 aromatic heterocycles. The lowest BCUT2D eigenvalue weighted by molar-refractivity contribution is -0.148. The van der Waals surface area contributed by atoms with Crippen molar-refractivity contribution in [3.05, 3.63) is 12.7 Å². The van der Waals surface area contributed by atoms with Crippen LogP contribution in [0.1, 0.15) is 46.5 Å². The number of rotatable bonds is 6. The largest absolute Gasteiger partial charge is 0.469 e. The first-order chi connectivity index (χ1) is 11.7. The molecule has 1 fully saturated rings. The Morgan fingerprint density at radius 3 is 2.36 bits per heavy atom. The van der Waals surface area contributed by atoms with Crippen molar-refractivity contribution in [1.82, 2.24) is 10.2 Å². The summed E-state index contributed by atoms with van der Waals surface area (Å²) >= 11 is 0. The van der Waals surface area contributed by atoms with Crippen LogP contribution in [0.15, 0.2) is 12.7 Å². The molecular formula is C18H30N2O5. The quantitative estimate of drug-likeness (QED) is 0.584. The summed E-state index contributed by atoms with van der Waals surface area (Å²) < 4.78 is 9.95. The number of carbonyl (C=O) groups excluding carboxylic acids is 3. The van der Waals surface area contributed by atoms with Gasteiger partial charge in [-0.15, -0.1) is 6.58 Å². The number of ether oxygens (including phenoxy) is 2. The molecule has 1 heterocycles. The number of piperidine rings is 1. The molecule has 25 heavy (non-hydrogen) atoms. The Morgan fingerprint density at radius 1 is 1.28 bits per heavy atom. The zero-order valence-corrected chi connectivity index (χ0v) is 15.7. The lowest BCUT2D eigenvalue weighted by Gasteiger charge is -2.31. The molecule has 1 unspecified atom stereocenters. The molecule has 0 aliphatic carbocycles. The molecule has 1 atom stereocenters. The zero-order valence-electron chi connectivity index (χ0n) is 15.7. The fourth-order valence-electron chi connectivity index (χ4n) is 2.68. The van der Waals surface area contributed by atoms with Crippen LogP contribution in [0, 0.1) is 5.92 Å². The van der Waals surface area contributed by atoms with Crippen molar-refractivity contribution < 1.29 is 23.9 Å². The van der Waals surface area contributed by atoms with Crippen molar-refractivity contribution in [1.29, 1.82) is 0 Å². The minimum atomic E-state index is -0.574. The van der Waals surface area contributed by atoms with Gasteiger partial charge in [0.15, 0.2) is 0 Å². The van der Waals surface area contributed by atoms with Gasteiger partial charge in [0.1, 0.15) is 5.60 Å². The molecule has 0 aromatic rings. The Morgan fingerprint density at radius 2 is 1.88 bits per heavy atom. The number of carbonyl (C=O) groups is 3. The molecule has 7 heteroatoms. The Bertz CT molecular complexity index is 490. The maximum atomic E-state index is 12.3. The first kappa shape index (κ1) is 21.0. The first-order valence-corrected chi connectivity index (χ1v) is 8.64. The van der Waals surface area contributed by atoms with Gasteiger partial charge in [-0.25, -0.2) is 4.79 Å². The van der Waals surface area contributed by atoms with Crippen molar-refractivity contribution in [2.45, 2.75) is 58.1 Å². The van der Waals surface area contributed by atoms with Crippen LogP contribution in [-0.2, 0) is 19.1 Å². The second-order valence-electron chi connectivity index (χ2n) is 7.21. The average molecular weight is 354 g/mol. The molecule has 2 amide bonds. The van der Waals surface area contributed by atoms with Gasteiger partial charge in [0.25, 0.3) is 0 Å². The second kappa shape index (κ2) is 9.44. The van der Waals surface area contributed by atoms with Crippen LogP contribution in [0.25, 0.3) is 0 Å². The fraction of sp³-hybridized carbons (Fsp3) is 0.722. The van der Waals surface area contributed by atoms with E-state index in [0.29, 0.717) is 38.8 Å². The number of hydrogen-bond acceptors (Lipinski definition) is 5. The summed E-state index contributed by atoms with van der Waals surface area (Å²) in [4.78, 5) is 37.4. The SMILES string of the molecule is C=CC(CCC(=O)N1CCC(C(=O)OC)CC1)NC(=O)OC(C)(C)C. The number of alkyl carbamates (subject to hydrolysis) is 1. The highest BCUT2D eigenvalue weighted by Crippen LogP contribution is 2.19. The van der Waals surface area contributed by atoms with Gasteiger partial charge < -0.3 is 19.7 Å². The van der Waals surface area contributed by atoms with Crippen LogP contribution < -0.4 is 5.32 Å². The van der Waals surface area contributed by atoms with Crippen molar-refractivity contribution in [3.8, 4) is 0 Å². The lowest BCUT2D eigenvalue weighted by Crippen LogP contribution is -2.42. The van der Waals surface area contributed by atoms with E-state index < -0.39 is 11.7 Å². The second-order valence-corrected chi connectivity index (χ2v) is 7.21. The highest BCUT2D eigenvalue weighted by Gasteiger charge is 2.28. The summed E-state index contributed by atoms with van der Waals surface area (Å²) in [5.74, 6) is -0.314. The number of esters is 1. The van der Waals surface area contributed by atoms with Crippen LogP contribution >= 0.6 is 0 Å². The number of methoxy groups -OCH3 is 1. The van der Waals surface area contributed by atoms with E-state index in [1.165, 1.54) is 7.11 Å². The number of likely N-dealkylation sites (tertiary alicyclic amines) is 1. The fourth-order valence-corrected chi connectivity index (χ4v) is 2.68. The Hall–Kier alpha value is -2.05. The van der Waals surface area contributed by atoms with E-state index in [-0.39, 0.29) is 23.8 Å². The third-order valence-electron chi connectivity index (χ3n) is 4.04. The van der Waals surface area contributed by atoms with Crippen LogP contribution in [0.2, 0.25) is 0 Å². The maximum absolute atomic E-state index is 12.3. The average Bonchev–Trinajstić information content (AvgIpc) is 2.56. The standard InChI is InChI=1S/C18H30N2O5/c1-6-14(19-17(23)25-18(2,3)4)7-8-15(21)20-11-9-13(10-12-20)16(22)24-5/h6,13-14H,1,7-12H2,2-5H3,(H,19,23). The highest BCUT2D eigenvalue weighted by molar-refractivity contribution is 5.77. The maximum Gasteiger partial charge on any atom is 0.408 e. The van der Waals surface area contributed by atoms with Crippen LogP contribution in [0.5, 0.6) is 0 Å². The monoisotopic (exact) mass is 354 g/mol. The molecular weight excluding hydrogens is 324 g/mol. The van der Waals surface area contributed by atoms with E-state index in [2.05, 4.69) is 11.9 Å². The van der Waals surface area contributed by atoms with E-state index in [0.717, 1.165) is 0 Å². The number of nitrogens with one attached hydrogen (secondary N) is 1. The van der Waals surface area contributed by atoms with Gasteiger partial charge in [-0.2, -0.15) is 0 Å². The molecule has 7 nitrogen and oxygen atoms in total. The minimum absolute atomic E-state index is 0.0150. The third kappa shape index (κ3) is 7.58. The normalized spacial score (nSPS) is 16.7. The molecule has 0 saturated carbocycles. The summed E-state index contributed by atoms with van der Waals surface area (Å²) in [6.07, 6.45) is 3.08. The molecule has 1 N–H and O–H groups in total. The summed E-state index contributed by atoms with van der Waals surface area (Å²) in [5.41, 5.74) is -0.574. The van der Waals surface area contributed by atoms with Gasteiger partial charge in [-0.1, -0.05) is 6.08 Å². The summed E-state index contributed by atoms with van der Waals surface area (Å²) in [6.45, 7) is 10.2. The van der Waals surface area contributed by atoms with Gasteiger partial charge in [-0.3, -0.25) is 9.59 Å². The molecule has 1 aliphatic heterocycles. The van der Waals surface area contributed by atoms with E-state index in [1.54, 1.807) is 31.7 Å². The van der Waals surface area contributed by atoms with Gasteiger partial charge in [-0.05, 0) is 40.0 Å². The molecule has 0 aromatic carbocycles. The first-order valence-electron chi connectivity index (χ1n) is 8.64. The predicted octanol–water partition coefficient (Wildman–Crippen LogP) is 2.26. The number of hydrogen-bond donors (Lipinski definition) is 1. The molecule has 1 rings (SSSR count). The van der Waals surface area contributed by atoms with Crippen molar-refractivity contribution in [2.24, 2.45) is 5.92 Å². The van der Waals surface area contributed by atoms with E-state index in [1.807, 2.05) is 0 Å². The molecule has 1 saturated heterocycles. The van der Waals surface area contributed by atoms with Crippen LogP contribution in [0.3, 0.4) is 0 Å². The smallest absolute Gasteiger partial charge is 0.408 e. The van der Waals surface area contributed by atoms with E-state index in [4.69, 9.17) is 9.47 Å². The zero-order chi connectivity index (χ0) is 19.0. The number of amides is 2. The van der Waals surface area contributed by atoms with E-state index in [9.17, 15) is 14.4 Å². The van der Waals surface area contributed by atoms with Crippen molar-refractivity contribution >= 4 is 18.0 Å². The van der Waals surface area contributed by atoms with Gasteiger partial charge >= 0.3 is 12.1 Å². The molecule has 1 aliphatic rings. The Labute approximate surface area is 149 Å². The summed E-state index contributed by atoms with van der Waals surface area (Å²) in [7, 11) is 1.38. The lowest BCUT2D eigenvalue weighted by atomic mass is 9.96. The number of nitrogens with zero attached hydrogens (tertiary/aromatic N) is 1. The molecule has 0 spiro atoms. The van der Waals surface area contributed by atoms with E-state index >= 15 is 0 Å². The molecule has 0 bridgehead atoms. The molecule has 0 radical (unpaired) electrons. The van der Waals surface area contributed by atoms with Gasteiger partial charge in [0.05, 0.1) is 19.1 Å². The van der Waals surface area contributed by atoms with Crippen molar-refractivity contribution in [3.63, 3.8) is 0 Å². The summed E-state index contributed by atoms with van der Waals surface area (Å²) in [5, 5.41) is 2.70. The third-order valence-corrected chi connectivity index (χ3v) is 4.04. The topological polar surface area (TPSA) is 84.9 Å². The summed E-state index contributed by atoms with van der Waals surface area (Å²) in [6, 6.07) is -0.327. The predicted molar refractivity (Wildman–Crippen MR) is 93.9 cm³/mol. The van der Waals surface area contributed by atoms with Crippen LogP contribution in [0.4, 0.5) is 4.79 Å². The Balaban J connectivity index is 2.38. The molecule has 142 valence electrons. The Kier molecular flexibility index (Phi) is 7.93. The van der Waals surface area contributed by atoms with Crippen LogP contribution in [-0.4, -0.2) is 54.7 Å². The highest BCUT2D eigenvalue weighted by atomic mass is 16.6. The van der Waals surface area contributed by atoms with Crippen molar-refractivity contribution in [2.75, 3.05) is 20.2 Å². The minimum Gasteiger partial charge on any atom is -0.469 e.